The van der Waals surface area contributed by atoms with Gasteiger partial charge in [0.15, 0.2) is 6.61 Å². The van der Waals surface area contributed by atoms with E-state index < -0.39 is 5.54 Å². The van der Waals surface area contributed by atoms with Crippen LogP contribution in [0.3, 0.4) is 0 Å². The summed E-state index contributed by atoms with van der Waals surface area (Å²) < 4.78 is 10.5. The maximum absolute atomic E-state index is 11.5. The van der Waals surface area contributed by atoms with Crippen LogP contribution in [0.4, 0.5) is 5.69 Å². The zero-order valence-corrected chi connectivity index (χ0v) is 9.60. The summed E-state index contributed by atoms with van der Waals surface area (Å²) in [6.45, 7) is 1.13. The Balaban J connectivity index is 2.03. The smallest absolute Gasteiger partial charge is 0.264 e. The van der Waals surface area contributed by atoms with Crippen molar-refractivity contribution in [3.63, 3.8) is 0 Å². The first-order chi connectivity index (χ1) is 8.10. The number of rotatable bonds is 1. The van der Waals surface area contributed by atoms with E-state index in [9.17, 15) is 4.79 Å². The summed E-state index contributed by atoms with van der Waals surface area (Å²) in [6, 6.07) is 5.71. The molecule has 17 heavy (non-hydrogen) atoms. The van der Waals surface area contributed by atoms with Crippen LogP contribution in [0.15, 0.2) is 18.2 Å². The zero-order chi connectivity index (χ0) is 12.0. The van der Waals surface area contributed by atoms with Gasteiger partial charge in [-0.2, -0.15) is 0 Å². The number of carbonyl (C=O) groups excluding carboxylic acids is 1. The summed E-state index contributed by atoms with van der Waals surface area (Å²) in [6.07, 6.45) is 0. The molecule has 90 valence electrons. The Morgan fingerprint density at radius 2 is 2.18 bits per heavy atom. The lowest BCUT2D eigenvalue weighted by molar-refractivity contribution is -0.120. The molecule has 0 bridgehead atoms. The van der Waals surface area contributed by atoms with Crippen molar-refractivity contribution >= 4 is 11.6 Å². The van der Waals surface area contributed by atoms with Crippen LogP contribution >= 0.6 is 0 Å². The van der Waals surface area contributed by atoms with E-state index in [4.69, 9.17) is 15.2 Å². The van der Waals surface area contributed by atoms with E-state index in [0.29, 0.717) is 13.2 Å². The average Bonchev–Trinajstić information content (AvgIpc) is 2.31. The van der Waals surface area contributed by atoms with Gasteiger partial charge in [0, 0.05) is 7.05 Å². The molecule has 1 saturated heterocycles. The van der Waals surface area contributed by atoms with Gasteiger partial charge in [-0.05, 0) is 17.7 Å². The highest BCUT2D eigenvalue weighted by Gasteiger charge is 2.37. The number of hydrogen-bond donors (Lipinski definition) is 1. The maximum Gasteiger partial charge on any atom is 0.264 e. The topological polar surface area (TPSA) is 64.8 Å². The molecule has 0 aliphatic carbocycles. The minimum Gasteiger partial charge on any atom is -0.482 e. The van der Waals surface area contributed by atoms with Gasteiger partial charge in [-0.15, -0.1) is 0 Å². The number of benzene rings is 1. The van der Waals surface area contributed by atoms with Gasteiger partial charge in [0.25, 0.3) is 5.91 Å². The molecule has 0 saturated carbocycles. The van der Waals surface area contributed by atoms with Crippen LogP contribution in [-0.4, -0.2) is 32.8 Å². The number of likely N-dealkylation sites (N-methyl/N-ethyl adjacent to an activating group) is 1. The van der Waals surface area contributed by atoms with Gasteiger partial charge >= 0.3 is 0 Å². The number of fused-ring (bicyclic) bond motifs is 1. The molecule has 1 aromatic carbocycles. The molecule has 1 fully saturated rings. The van der Waals surface area contributed by atoms with Crippen LogP contribution in [-0.2, 0) is 15.1 Å². The van der Waals surface area contributed by atoms with E-state index in [2.05, 4.69) is 0 Å². The second kappa shape index (κ2) is 3.45. The van der Waals surface area contributed by atoms with Crippen molar-refractivity contribution in [2.45, 2.75) is 5.54 Å². The summed E-state index contributed by atoms with van der Waals surface area (Å²) >= 11 is 0. The van der Waals surface area contributed by atoms with Gasteiger partial charge < -0.3 is 20.1 Å². The van der Waals surface area contributed by atoms with Crippen molar-refractivity contribution in [2.24, 2.45) is 5.73 Å². The number of amides is 1. The van der Waals surface area contributed by atoms with E-state index in [1.165, 1.54) is 0 Å². The van der Waals surface area contributed by atoms with E-state index in [-0.39, 0.29) is 12.5 Å². The highest BCUT2D eigenvalue weighted by molar-refractivity contribution is 5.97. The number of hydrogen-bond acceptors (Lipinski definition) is 4. The molecular weight excluding hydrogens is 220 g/mol. The van der Waals surface area contributed by atoms with Crippen molar-refractivity contribution in [2.75, 3.05) is 31.8 Å². The van der Waals surface area contributed by atoms with Gasteiger partial charge in [-0.3, -0.25) is 4.79 Å². The van der Waals surface area contributed by atoms with Gasteiger partial charge in [0.05, 0.1) is 24.4 Å². The normalized spacial score (nSPS) is 21.5. The van der Waals surface area contributed by atoms with Gasteiger partial charge in [-0.1, -0.05) is 6.07 Å². The molecule has 0 radical (unpaired) electrons. The molecule has 0 aromatic heterocycles. The summed E-state index contributed by atoms with van der Waals surface area (Å²) in [5.41, 5.74) is 7.50. The van der Waals surface area contributed by atoms with Crippen LogP contribution in [0.1, 0.15) is 5.56 Å². The number of nitrogens with two attached hydrogens (primary N) is 1. The predicted octanol–water partition coefficient (Wildman–Crippen LogP) is 0.226. The van der Waals surface area contributed by atoms with E-state index >= 15 is 0 Å². The lowest BCUT2D eigenvalue weighted by Crippen LogP contribution is -2.54. The zero-order valence-electron chi connectivity index (χ0n) is 9.60. The number of nitrogens with zero attached hydrogens (tertiary/aromatic N) is 1. The molecule has 0 unspecified atom stereocenters. The van der Waals surface area contributed by atoms with Crippen LogP contribution in [0, 0.1) is 0 Å². The fourth-order valence-electron chi connectivity index (χ4n) is 2.07. The van der Waals surface area contributed by atoms with Crippen molar-refractivity contribution in [1.82, 2.24) is 0 Å². The Morgan fingerprint density at radius 1 is 1.41 bits per heavy atom. The minimum atomic E-state index is -0.420. The average molecular weight is 234 g/mol. The van der Waals surface area contributed by atoms with Crippen LogP contribution in [0.2, 0.25) is 0 Å². The van der Waals surface area contributed by atoms with E-state index in [1.54, 1.807) is 11.9 Å². The van der Waals surface area contributed by atoms with Gasteiger partial charge in [0.1, 0.15) is 5.75 Å². The fraction of sp³-hybridized carbons (Fsp3) is 0.417. The minimum absolute atomic E-state index is 0.0504. The Morgan fingerprint density at radius 3 is 2.82 bits per heavy atom. The molecule has 1 amide bonds. The summed E-state index contributed by atoms with van der Waals surface area (Å²) in [5, 5.41) is 0. The number of anilines is 1. The Bertz CT molecular complexity index is 483. The molecule has 5 nitrogen and oxygen atoms in total. The van der Waals surface area contributed by atoms with Crippen LogP contribution < -0.4 is 15.4 Å². The summed E-state index contributed by atoms with van der Waals surface area (Å²) in [4.78, 5) is 13.1. The van der Waals surface area contributed by atoms with Crippen LogP contribution in [0.25, 0.3) is 0 Å². The first-order valence-electron chi connectivity index (χ1n) is 5.51. The lowest BCUT2D eigenvalue weighted by Gasteiger charge is -2.39. The van der Waals surface area contributed by atoms with Crippen molar-refractivity contribution in [1.29, 1.82) is 0 Å². The molecular formula is C12H14N2O3. The summed E-state index contributed by atoms with van der Waals surface area (Å²) in [5.74, 6) is 0.672. The van der Waals surface area contributed by atoms with Gasteiger partial charge in [-0.25, -0.2) is 0 Å². The summed E-state index contributed by atoms with van der Waals surface area (Å²) in [7, 11) is 1.74. The van der Waals surface area contributed by atoms with Crippen molar-refractivity contribution < 1.29 is 14.3 Å². The van der Waals surface area contributed by atoms with Crippen molar-refractivity contribution in [3.8, 4) is 5.75 Å². The highest BCUT2D eigenvalue weighted by atomic mass is 16.5. The molecule has 2 heterocycles. The molecule has 5 heteroatoms. The molecule has 0 spiro atoms. The largest absolute Gasteiger partial charge is 0.482 e. The Labute approximate surface area is 99.1 Å². The number of ether oxygens (including phenoxy) is 2. The maximum atomic E-state index is 11.5. The fourth-order valence-corrected chi connectivity index (χ4v) is 2.07. The second-order valence-corrected chi connectivity index (χ2v) is 4.57. The molecule has 2 N–H and O–H groups in total. The van der Waals surface area contributed by atoms with Crippen molar-refractivity contribution in [3.05, 3.63) is 23.8 Å². The van der Waals surface area contributed by atoms with E-state index in [1.807, 2.05) is 18.2 Å². The molecule has 3 rings (SSSR count). The second-order valence-electron chi connectivity index (χ2n) is 4.57. The monoisotopic (exact) mass is 234 g/mol. The third-order valence-electron chi connectivity index (χ3n) is 3.34. The third-order valence-corrected chi connectivity index (χ3v) is 3.34. The Kier molecular flexibility index (Phi) is 2.14. The first-order valence-corrected chi connectivity index (χ1v) is 5.51. The predicted molar refractivity (Wildman–Crippen MR) is 62.0 cm³/mol. The quantitative estimate of drug-likeness (QED) is 0.755. The number of carbonyl (C=O) groups is 1. The first kappa shape index (κ1) is 10.6. The standard InChI is InChI=1S/C12H14N2O3/c1-14-9-4-8(12(13)6-16-7-12)2-3-10(9)17-5-11(14)15/h2-4H,5-7,13H2,1H3. The SMILES string of the molecule is CN1C(=O)COc2ccc(C3(N)COC3)cc21. The third kappa shape index (κ3) is 1.50. The lowest BCUT2D eigenvalue weighted by atomic mass is 9.88. The van der Waals surface area contributed by atoms with E-state index in [0.717, 1.165) is 17.0 Å². The Hall–Kier alpha value is -1.59. The van der Waals surface area contributed by atoms with Crippen LogP contribution in [0.5, 0.6) is 5.75 Å². The molecule has 0 atom stereocenters. The van der Waals surface area contributed by atoms with Gasteiger partial charge in [0.2, 0.25) is 0 Å². The molecule has 2 aliphatic heterocycles. The highest BCUT2D eigenvalue weighted by Crippen LogP contribution is 2.36. The molecule has 2 aliphatic rings. The molecule has 1 aromatic rings.